The predicted molar refractivity (Wildman–Crippen MR) is 234 cm³/mol. The molecule has 0 atom stereocenters. The van der Waals surface area contributed by atoms with Gasteiger partial charge >= 0.3 is 0 Å². The summed E-state index contributed by atoms with van der Waals surface area (Å²) in [5.41, 5.74) is -0.959. The van der Waals surface area contributed by atoms with E-state index in [0.717, 1.165) is 48.5 Å². The average molecular weight is 973 g/mol. The minimum Gasteiger partial charge on any atom is -0.504 e. The molecule has 0 amide bonds. The Kier molecular flexibility index (Phi) is 12.3. The Bertz CT molecular complexity index is 3590. The number of benzene rings is 5. The standard InChI is InChI=1S/C38H24N10O16S3/c49-36-29(43-39-20-5-9-22(10-6-20)47(52)53)18-30(44-41-27-13-14-31(66(59,60)61)26-4-2-1-3-25(26)27)37(50)35(36)46-42-28-17-24(65(56,57)58)15-19-16-32(67(62,63)64)34(38(51)33(19)28)45-40-21-7-11-23(12-8-21)48(54)55/h1-18,40-41,49H,(H,56,57,58)(H,59,60,61)(H,62,63,64). The van der Waals surface area contributed by atoms with Crippen molar-refractivity contribution in [1.82, 2.24) is 0 Å². The molecule has 0 spiro atoms. The second-order valence-corrected chi connectivity index (χ2v) is 17.7. The van der Waals surface area contributed by atoms with E-state index in [-0.39, 0.29) is 39.2 Å². The summed E-state index contributed by atoms with van der Waals surface area (Å²) in [5, 5.41) is 57.1. The molecule has 0 saturated carbocycles. The van der Waals surface area contributed by atoms with Crippen molar-refractivity contribution in [3.8, 4) is 0 Å². The highest BCUT2D eigenvalue weighted by molar-refractivity contribution is 7.91. The molecule has 5 aromatic rings. The van der Waals surface area contributed by atoms with Crippen LogP contribution in [0.3, 0.4) is 0 Å². The number of hydrogen-bond donors (Lipinski definition) is 6. The maximum atomic E-state index is 14.1. The van der Waals surface area contributed by atoms with Gasteiger partial charge in [0.05, 0.1) is 43.1 Å². The van der Waals surface area contributed by atoms with Crippen molar-refractivity contribution in [2.24, 2.45) is 30.7 Å². The predicted octanol–water partition coefficient (Wildman–Crippen LogP) is 6.61. The summed E-state index contributed by atoms with van der Waals surface area (Å²) in [6.07, 6.45) is 1.50. The van der Waals surface area contributed by atoms with E-state index < -0.39 is 112 Å². The lowest BCUT2D eigenvalue weighted by molar-refractivity contribution is -0.385. The average Bonchev–Trinajstić information content (AvgIpc) is 3.26. The largest absolute Gasteiger partial charge is 0.504 e. The first-order valence-electron chi connectivity index (χ1n) is 18.1. The van der Waals surface area contributed by atoms with Crippen LogP contribution >= 0.6 is 0 Å². The molecule has 29 heteroatoms. The zero-order chi connectivity index (χ0) is 48.6. The van der Waals surface area contributed by atoms with Crippen molar-refractivity contribution in [3.05, 3.63) is 157 Å². The van der Waals surface area contributed by atoms with Gasteiger partial charge in [-0.25, -0.2) is 0 Å². The topological polar surface area (TPSA) is 402 Å². The van der Waals surface area contributed by atoms with Crippen molar-refractivity contribution in [3.63, 3.8) is 0 Å². The molecule has 2 aliphatic carbocycles. The molecule has 67 heavy (non-hydrogen) atoms. The Hall–Kier alpha value is -8.61. The van der Waals surface area contributed by atoms with Gasteiger partial charge in [0, 0.05) is 41.1 Å². The number of hydrogen-bond acceptors (Lipinski definition) is 21. The van der Waals surface area contributed by atoms with Crippen molar-refractivity contribution in [1.29, 1.82) is 0 Å². The highest BCUT2D eigenvalue weighted by Crippen LogP contribution is 2.37. The first-order chi connectivity index (χ1) is 31.5. The number of non-ortho nitro benzene ring substituents is 2. The lowest BCUT2D eigenvalue weighted by Gasteiger charge is -2.18. The van der Waals surface area contributed by atoms with Gasteiger partial charge in [-0.15, -0.1) is 15.3 Å². The SMILES string of the molecule is O=C1C(=NNc2ccc(S(=O)(=O)O)c3ccccc23)C=C(N=Nc2ccc([N+](=O)[O-])cc2)C(O)=C1N=Nc1cc(S(=O)(=O)O)cc2c1C(=O)C(=NNc1ccc([N+](=O)[O-])cc1)C(S(=O)(=O)O)=C2. The highest BCUT2D eigenvalue weighted by atomic mass is 32.2. The van der Waals surface area contributed by atoms with Gasteiger partial charge in [0.15, 0.2) is 17.2 Å². The molecule has 0 radical (unpaired) electrons. The van der Waals surface area contributed by atoms with Crippen LogP contribution in [0.15, 0.2) is 166 Å². The van der Waals surface area contributed by atoms with Crippen LogP contribution in [0, 0.1) is 20.2 Å². The van der Waals surface area contributed by atoms with E-state index in [1.54, 1.807) is 0 Å². The van der Waals surface area contributed by atoms with Gasteiger partial charge in [0.25, 0.3) is 41.7 Å². The molecule has 5 aromatic carbocycles. The number of nitro benzene ring substituents is 2. The van der Waals surface area contributed by atoms with Gasteiger partial charge in [-0.1, -0.05) is 24.3 Å². The van der Waals surface area contributed by atoms with Crippen molar-refractivity contribution < 1.29 is 63.5 Å². The molecule has 0 aromatic heterocycles. The molecular weight excluding hydrogens is 949 g/mol. The maximum absolute atomic E-state index is 14.1. The first kappa shape index (κ1) is 46.4. The number of Topliss-reactive ketones (excluding diaryl/α,β-unsaturated/α-hetero) is 2. The molecule has 0 heterocycles. The highest BCUT2D eigenvalue weighted by Gasteiger charge is 2.36. The van der Waals surface area contributed by atoms with Crippen LogP contribution in [0.1, 0.15) is 15.9 Å². The van der Waals surface area contributed by atoms with Crippen molar-refractivity contribution in [2.75, 3.05) is 10.9 Å². The summed E-state index contributed by atoms with van der Waals surface area (Å²) in [5.74, 6) is -3.67. The number of carbonyl (C=O) groups excluding carboxylic acids is 2. The van der Waals surface area contributed by atoms with Crippen LogP contribution in [-0.2, 0) is 35.1 Å². The van der Waals surface area contributed by atoms with Crippen molar-refractivity contribution >= 4 is 104 Å². The number of carbonyl (C=O) groups is 2. The summed E-state index contributed by atoms with van der Waals surface area (Å²) in [7, 11) is -15.3. The fraction of sp³-hybridized carbons (Fsp3) is 0. The Morgan fingerprint density at radius 2 is 1.24 bits per heavy atom. The van der Waals surface area contributed by atoms with Crippen LogP contribution in [0.25, 0.3) is 16.8 Å². The summed E-state index contributed by atoms with van der Waals surface area (Å²) in [4.78, 5) is 46.3. The Morgan fingerprint density at radius 1 is 0.612 bits per heavy atom. The lowest BCUT2D eigenvalue weighted by atomic mass is 9.93. The molecule has 7 rings (SSSR count). The van der Waals surface area contributed by atoms with E-state index in [9.17, 15) is 73.8 Å². The lowest BCUT2D eigenvalue weighted by Crippen LogP contribution is -2.27. The molecule has 0 aliphatic heterocycles. The molecular formula is C38H24N10O16S3. The minimum atomic E-state index is -5.35. The number of aliphatic hydroxyl groups is 1. The number of ketones is 2. The Morgan fingerprint density at radius 3 is 1.84 bits per heavy atom. The fourth-order valence-corrected chi connectivity index (χ4v) is 8.06. The van der Waals surface area contributed by atoms with Crippen molar-refractivity contribution in [2.45, 2.75) is 9.79 Å². The zero-order valence-corrected chi connectivity index (χ0v) is 35.3. The number of nitrogens with zero attached hydrogens (tertiary/aromatic N) is 8. The number of rotatable bonds is 13. The van der Waals surface area contributed by atoms with E-state index in [4.69, 9.17) is 0 Å². The second kappa shape index (κ2) is 17.8. The van der Waals surface area contributed by atoms with E-state index in [1.807, 2.05) is 0 Å². The molecule has 0 unspecified atom stereocenters. The van der Waals surface area contributed by atoms with Crippen LogP contribution in [0.5, 0.6) is 0 Å². The summed E-state index contributed by atoms with van der Waals surface area (Å²) < 4.78 is 104. The number of nitro groups is 2. The Labute approximate surface area is 374 Å². The number of anilines is 2. The van der Waals surface area contributed by atoms with Gasteiger partial charge < -0.3 is 5.11 Å². The monoisotopic (exact) mass is 972 g/mol. The molecule has 0 saturated heterocycles. The van der Waals surface area contributed by atoms with Crippen LogP contribution in [0.2, 0.25) is 0 Å². The first-order valence-corrected chi connectivity index (χ1v) is 22.4. The van der Waals surface area contributed by atoms with Gasteiger partial charge in [0.1, 0.15) is 21.2 Å². The molecule has 0 bridgehead atoms. The van der Waals surface area contributed by atoms with Gasteiger partial charge in [-0.2, -0.15) is 40.6 Å². The molecule has 0 fully saturated rings. The van der Waals surface area contributed by atoms with Crippen LogP contribution in [0.4, 0.5) is 34.1 Å². The van der Waals surface area contributed by atoms with Crippen LogP contribution < -0.4 is 10.9 Å². The third-order valence-corrected chi connectivity index (χ3v) is 11.9. The molecule has 6 N–H and O–H groups in total. The third kappa shape index (κ3) is 9.90. The Balaban J connectivity index is 1.35. The maximum Gasteiger partial charge on any atom is 0.296 e. The number of aliphatic hydroxyl groups excluding tert-OH is 1. The normalized spacial score (nSPS) is 15.9. The van der Waals surface area contributed by atoms with Gasteiger partial charge in [-0.05, 0) is 60.2 Å². The number of allylic oxidation sites excluding steroid dienone is 3. The summed E-state index contributed by atoms with van der Waals surface area (Å²) in [6, 6.07) is 18.3. The summed E-state index contributed by atoms with van der Waals surface area (Å²) >= 11 is 0. The summed E-state index contributed by atoms with van der Waals surface area (Å²) in [6.45, 7) is 0. The minimum absolute atomic E-state index is 0.00593. The fourth-order valence-electron chi connectivity index (χ4n) is 6.17. The van der Waals surface area contributed by atoms with E-state index >= 15 is 0 Å². The van der Waals surface area contributed by atoms with Gasteiger partial charge in [-0.3, -0.25) is 54.3 Å². The number of fused-ring (bicyclic) bond motifs is 2. The number of hydrazone groups is 2. The molecule has 340 valence electrons. The zero-order valence-electron chi connectivity index (χ0n) is 32.9. The van der Waals surface area contributed by atoms with E-state index in [2.05, 4.69) is 41.5 Å². The second-order valence-electron chi connectivity index (χ2n) is 13.5. The van der Waals surface area contributed by atoms with Crippen LogP contribution in [-0.4, -0.2) is 76.9 Å². The molecule has 2 aliphatic rings. The quantitative estimate of drug-likeness (QED) is 0.0237. The van der Waals surface area contributed by atoms with Gasteiger partial charge in [0.2, 0.25) is 11.6 Å². The smallest absolute Gasteiger partial charge is 0.296 e. The third-order valence-electron chi connectivity index (χ3n) is 9.27. The van der Waals surface area contributed by atoms with E-state index in [0.29, 0.717) is 18.2 Å². The molecule has 26 nitrogen and oxygen atoms in total. The van der Waals surface area contributed by atoms with E-state index in [1.165, 1.54) is 42.5 Å². The number of nitrogens with one attached hydrogen (secondary N) is 2. The number of azo groups is 2.